The molecule has 2 rings (SSSR count). The van der Waals surface area contributed by atoms with Crippen molar-refractivity contribution in [3.8, 4) is 5.75 Å². The largest absolute Gasteiger partial charge is 0.375 e. The van der Waals surface area contributed by atoms with Gasteiger partial charge in [0.2, 0.25) is 5.75 Å². The molecule has 1 aromatic rings. The van der Waals surface area contributed by atoms with E-state index in [2.05, 4.69) is 11.6 Å². The van der Waals surface area contributed by atoms with E-state index in [9.17, 15) is 10.1 Å². The Labute approximate surface area is 106 Å². The number of benzene rings is 1. The number of rotatable bonds is 4. The van der Waals surface area contributed by atoms with Crippen LogP contribution in [0.5, 0.6) is 5.75 Å². The molecule has 1 aliphatic rings. The normalized spacial score (nSPS) is 15.4. The van der Waals surface area contributed by atoms with E-state index in [1.165, 1.54) is 18.9 Å². The molecule has 1 aromatic carbocycles. The first-order chi connectivity index (χ1) is 8.77. The molecule has 5 nitrogen and oxygen atoms in total. The van der Waals surface area contributed by atoms with Crippen molar-refractivity contribution in [3.63, 3.8) is 0 Å². The fraction of sp³-hybridized carbons (Fsp3) is 0.385. The van der Waals surface area contributed by atoms with Crippen LogP contribution in [-0.2, 0) is 0 Å². The van der Waals surface area contributed by atoms with Crippen molar-refractivity contribution in [2.75, 3.05) is 0 Å². The summed E-state index contributed by atoms with van der Waals surface area (Å²) < 4.78 is 0. The van der Waals surface area contributed by atoms with Gasteiger partial charge in [-0.2, -0.15) is 0 Å². The Hall–Kier alpha value is -2.04. The molecule has 0 bridgehead atoms. The van der Waals surface area contributed by atoms with E-state index in [1.807, 2.05) is 0 Å². The van der Waals surface area contributed by atoms with Crippen LogP contribution < -0.4 is 10.3 Å². The topological polar surface area (TPSA) is 64.4 Å². The summed E-state index contributed by atoms with van der Waals surface area (Å²) in [7, 11) is 0. The van der Waals surface area contributed by atoms with Crippen LogP contribution in [0.3, 0.4) is 0 Å². The maximum absolute atomic E-state index is 10.8. The van der Waals surface area contributed by atoms with Crippen molar-refractivity contribution in [1.82, 2.24) is 5.48 Å². The van der Waals surface area contributed by atoms with E-state index < -0.39 is 4.92 Å². The summed E-state index contributed by atoms with van der Waals surface area (Å²) in [4.78, 5) is 15.7. The minimum absolute atomic E-state index is 0.0285. The predicted octanol–water partition coefficient (Wildman–Crippen LogP) is 3.33. The van der Waals surface area contributed by atoms with Crippen LogP contribution in [0.25, 0.3) is 0 Å². The smallest absolute Gasteiger partial charge is 0.314 e. The molecule has 0 aromatic heterocycles. The Bertz CT molecular complexity index is 457. The van der Waals surface area contributed by atoms with E-state index in [1.54, 1.807) is 18.2 Å². The van der Waals surface area contributed by atoms with Gasteiger partial charge in [-0.1, -0.05) is 24.6 Å². The molecule has 0 aliphatic heterocycles. The number of nitrogens with one attached hydrogen (secondary N) is 1. The van der Waals surface area contributed by atoms with Gasteiger partial charge in [0.25, 0.3) is 0 Å². The second-order valence-electron chi connectivity index (χ2n) is 4.26. The van der Waals surface area contributed by atoms with Crippen LogP contribution in [0, 0.1) is 10.1 Å². The first-order valence-corrected chi connectivity index (χ1v) is 6.12. The lowest BCUT2D eigenvalue weighted by Crippen LogP contribution is -2.18. The summed E-state index contributed by atoms with van der Waals surface area (Å²) in [6, 6.07) is 6.35. The minimum Gasteiger partial charge on any atom is -0.375 e. The Morgan fingerprint density at radius 1 is 1.22 bits per heavy atom. The molecule has 1 N–H and O–H groups in total. The summed E-state index contributed by atoms with van der Waals surface area (Å²) in [5.74, 6) is 0.243. The van der Waals surface area contributed by atoms with E-state index in [0.29, 0.717) is 0 Å². The molecular weight excluding hydrogens is 232 g/mol. The first kappa shape index (κ1) is 12.4. The molecule has 1 aliphatic carbocycles. The maximum atomic E-state index is 10.8. The Morgan fingerprint density at radius 3 is 2.89 bits per heavy atom. The van der Waals surface area contributed by atoms with Crippen LogP contribution in [0.4, 0.5) is 5.69 Å². The summed E-state index contributed by atoms with van der Waals surface area (Å²) >= 11 is 0. The molecule has 0 heterocycles. The van der Waals surface area contributed by atoms with Gasteiger partial charge in [0.05, 0.1) is 4.92 Å². The summed E-state index contributed by atoms with van der Waals surface area (Å²) in [6.45, 7) is 0. The fourth-order valence-electron chi connectivity index (χ4n) is 1.92. The number of nitrogens with zero attached hydrogens (tertiary/aromatic N) is 1. The third-order valence-corrected chi connectivity index (χ3v) is 2.90. The number of hydrogen-bond donors (Lipinski definition) is 1. The van der Waals surface area contributed by atoms with Gasteiger partial charge in [-0.25, -0.2) is 5.48 Å². The van der Waals surface area contributed by atoms with Crippen molar-refractivity contribution in [2.45, 2.75) is 32.1 Å². The SMILES string of the molecule is O=[N+]([O-])c1ccccc1ONC1=CCCCCC1. The Morgan fingerprint density at radius 2 is 2.06 bits per heavy atom. The zero-order valence-electron chi connectivity index (χ0n) is 10.1. The van der Waals surface area contributed by atoms with E-state index in [0.717, 1.165) is 25.0 Å². The Balaban J connectivity index is 2.01. The lowest BCUT2D eigenvalue weighted by molar-refractivity contribution is -0.386. The summed E-state index contributed by atoms with van der Waals surface area (Å²) in [6.07, 6.45) is 7.59. The summed E-state index contributed by atoms with van der Waals surface area (Å²) in [5, 5.41) is 10.8. The quantitative estimate of drug-likeness (QED) is 0.655. The predicted molar refractivity (Wildman–Crippen MR) is 68.0 cm³/mol. The maximum Gasteiger partial charge on any atom is 0.314 e. The van der Waals surface area contributed by atoms with Gasteiger partial charge >= 0.3 is 5.69 Å². The number of hydrogen-bond acceptors (Lipinski definition) is 4. The van der Waals surface area contributed by atoms with E-state index in [4.69, 9.17) is 4.84 Å². The number of nitro groups is 1. The number of nitro benzene ring substituents is 1. The van der Waals surface area contributed by atoms with Gasteiger partial charge in [-0.05, 0) is 31.7 Å². The number of allylic oxidation sites excluding steroid dienone is 2. The number of hydroxylamine groups is 1. The molecule has 0 spiro atoms. The average Bonchev–Trinajstić information content (AvgIpc) is 2.65. The second kappa shape index (κ2) is 6.05. The van der Waals surface area contributed by atoms with Crippen molar-refractivity contribution >= 4 is 5.69 Å². The Kier molecular flexibility index (Phi) is 4.17. The first-order valence-electron chi connectivity index (χ1n) is 6.12. The highest BCUT2D eigenvalue weighted by molar-refractivity contribution is 5.45. The highest BCUT2D eigenvalue weighted by Crippen LogP contribution is 2.25. The fourth-order valence-corrected chi connectivity index (χ4v) is 1.92. The third kappa shape index (κ3) is 3.23. The molecule has 0 atom stereocenters. The third-order valence-electron chi connectivity index (χ3n) is 2.90. The monoisotopic (exact) mass is 248 g/mol. The summed E-state index contributed by atoms with van der Waals surface area (Å²) in [5.41, 5.74) is 3.81. The molecule has 0 saturated heterocycles. The van der Waals surface area contributed by atoms with E-state index >= 15 is 0 Å². The van der Waals surface area contributed by atoms with Crippen LogP contribution in [0.1, 0.15) is 32.1 Å². The molecule has 0 radical (unpaired) electrons. The molecule has 0 fully saturated rings. The molecule has 0 amide bonds. The van der Waals surface area contributed by atoms with Crippen LogP contribution in [-0.4, -0.2) is 4.92 Å². The van der Waals surface area contributed by atoms with Gasteiger partial charge < -0.3 is 4.84 Å². The lowest BCUT2D eigenvalue weighted by atomic mass is 10.2. The molecule has 96 valence electrons. The lowest BCUT2D eigenvalue weighted by Gasteiger charge is -2.10. The number of para-hydroxylation sites is 2. The van der Waals surface area contributed by atoms with Crippen LogP contribution >= 0.6 is 0 Å². The zero-order valence-corrected chi connectivity index (χ0v) is 10.1. The van der Waals surface area contributed by atoms with Crippen molar-refractivity contribution in [1.29, 1.82) is 0 Å². The van der Waals surface area contributed by atoms with Gasteiger partial charge in [-0.15, -0.1) is 0 Å². The molecule has 0 unspecified atom stereocenters. The van der Waals surface area contributed by atoms with Crippen molar-refractivity contribution in [3.05, 3.63) is 46.2 Å². The average molecular weight is 248 g/mol. The second-order valence-corrected chi connectivity index (χ2v) is 4.26. The van der Waals surface area contributed by atoms with Gasteiger partial charge in [-0.3, -0.25) is 10.1 Å². The molecule has 18 heavy (non-hydrogen) atoms. The molecular formula is C13H16N2O3. The zero-order chi connectivity index (χ0) is 12.8. The highest BCUT2D eigenvalue weighted by Gasteiger charge is 2.14. The van der Waals surface area contributed by atoms with E-state index in [-0.39, 0.29) is 11.4 Å². The van der Waals surface area contributed by atoms with Crippen LogP contribution in [0.15, 0.2) is 36.0 Å². The van der Waals surface area contributed by atoms with Gasteiger partial charge in [0.15, 0.2) is 0 Å². The van der Waals surface area contributed by atoms with Crippen molar-refractivity contribution in [2.24, 2.45) is 0 Å². The molecule has 5 heteroatoms. The highest BCUT2D eigenvalue weighted by atomic mass is 16.7. The molecule has 0 saturated carbocycles. The van der Waals surface area contributed by atoms with Crippen LogP contribution in [0.2, 0.25) is 0 Å². The van der Waals surface area contributed by atoms with Gasteiger partial charge in [0, 0.05) is 11.8 Å². The van der Waals surface area contributed by atoms with Gasteiger partial charge in [0.1, 0.15) is 0 Å². The van der Waals surface area contributed by atoms with Crippen molar-refractivity contribution < 1.29 is 9.76 Å². The minimum atomic E-state index is -0.446. The standard InChI is InChI=1S/C13H16N2O3/c16-15(17)12-9-5-6-10-13(12)18-14-11-7-3-1-2-4-8-11/h5-7,9-10,14H,1-4,8H2.